The number of aromatic nitrogens is 1. The molecule has 2 aromatic carbocycles. The normalized spacial score (nSPS) is 11.5. The van der Waals surface area contributed by atoms with Crippen molar-refractivity contribution in [1.82, 2.24) is 4.98 Å². The number of pyridine rings is 1. The molecule has 3 N–H and O–H groups in total. The molecule has 1 aromatic heterocycles. The lowest BCUT2D eigenvalue weighted by Crippen LogP contribution is -2.17. The minimum absolute atomic E-state index is 0.0293. The van der Waals surface area contributed by atoms with Crippen molar-refractivity contribution in [3.63, 3.8) is 0 Å². The fourth-order valence-corrected chi connectivity index (χ4v) is 3.07. The van der Waals surface area contributed by atoms with Gasteiger partial charge in [0.2, 0.25) is 0 Å². The third-order valence-electron chi connectivity index (χ3n) is 4.71. The van der Waals surface area contributed by atoms with Gasteiger partial charge < -0.3 is 30.0 Å². The lowest BCUT2D eigenvalue weighted by Gasteiger charge is -2.17. The summed E-state index contributed by atoms with van der Waals surface area (Å²) in [5.41, 5.74) is 3.32. The number of primary amides is 1. The van der Waals surface area contributed by atoms with E-state index in [0.29, 0.717) is 12.3 Å². The van der Waals surface area contributed by atoms with Crippen molar-refractivity contribution in [1.29, 1.82) is 0 Å². The number of rotatable bonds is 8. The molecule has 15 heteroatoms. The molecule has 9 nitrogen and oxygen atoms in total. The first-order valence-corrected chi connectivity index (χ1v) is 10.2. The number of anilines is 1. The van der Waals surface area contributed by atoms with Crippen LogP contribution in [0.4, 0.5) is 32.0 Å². The highest BCUT2D eigenvalue weighted by atomic mass is 19.4. The number of halogens is 6. The van der Waals surface area contributed by atoms with Gasteiger partial charge in [-0.05, 0) is 30.3 Å². The van der Waals surface area contributed by atoms with Crippen molar-refractivity contribution >= 4 is 17.5 Å². The van der Waals surface area contributed by atoms with Gasteiger partial charge >= 0.3 is 12.5 Å². The monoisotopic (exact) mass is 545 g/mol. The van der Waals surface area contributed by atoms with Gasteiger partial charge in [-0.3, -0.25) is 14.6 Å². The molecule has 202 valence electrons. The van der Waals surface area contributed by atoms with Crippen LogP contribution in [-0.4, -0.2) is 37.4 Å². The Bertz CT molecular complexity index is 1360. The average molecular weight is 545 g/mol. The van der Waals surface area contributed by atoms with Crippen LogP contribution in [0.15, 0.2) is 48.7 Å². The lowest BCUT2D eigenvalue weighted by molar-refractivity contribution is -0.274. The zero-order valence-corrected chi connectivity index (χ0v) is 19.4. The van der Waals surface area contributed by atoms with E-state index in [1.165, 1.54) is 25.3 Å². The molecule has 0 spiro atoms. The maximum atomic E-state index is 13.3. The van der Waals surface area contributed by atoms with E-state index in [2.05, 4.69) is 15.0 Å². The summed E-state index contributed by atoms with van der Waals surface area (Å²) in [6.45, 7) is 0. The van der Waals surface area contributed by atoms with Gasteiger partial charge in [0.05, 0.1) is 19.8 Å². The molecule has 0 radical (unpaired) electrons. The molecule has 0 atom stereocenters. The molecule has 0 aliphatic rings. The SMILES string of the molecule is COc1cc(OC(F)(F)F)ccc1Oc1cc(C(F)(F)F)ncc1C(=O)Nc1ccc(OC)c(C(N)=O)c1. The van der Waals surface area contributed by atoms with Crippen LogP contribution in [0, 0.1) is 0 Å². The van der Waals surface area contributed by atoms with Gasteiger partial charge in [0.15, 0.2) is 11.5 Å². The molecular formula is C23H17F6N3O6. The molecule has 0 fully saturated rings. The summed E-state index contributed by atoms with van der Waals surface area (Å²) in [4.78, 5) is 27.8. The third-order valence-corrected chi connectivity index (χ3v) is 4.71. The number of carbonyl (C=O) groups is 2. The first-order valence-electron chi connectivity index (χ1n) is 10.2. The smallest absolute Gasteiger partial charge is 0.496 e. The van der Waals surface area contributed by atoms with Crippen molar-refractivity contribution in [2.45, 2.75) is 12.5 Å². The van der Waals surface area contributed by atoms with Crippen molar-refractivity contribution < 1.29 is 54.9 Å². The maximum absolute atomic E-state index is 13.3. The number of nitrogens with one attached hydrogen (secondary N) is 1. The predicted molar refractivity (Wildman–Crippen MR) is 118 cm³/mol. The Morgan fingerprint density at radius 1 is 0.842 bits per heavy atom. The Morgan fingerprint density at radius 3 is 2.08 bits per heavy atom. The van der Waals surface area contributed by atoms with Crippen LogP contribution in [0.1, 0.15) is 26.4 Å². The molecule has 3 rings (SSSR count). The number of alkyl halides is 6. The van der Waals surface area contributed by atoms with Gasteiger partial charge in [0.1, 0.15) is 28.5 Å². The second kappa shape index (κ2) is 10.7. The number of ether oxygens (including phenoxy) is 4. The second-order valence-electron chi connectivity index (χ2n) is 7.26. The molecule has 0 aliphatic heterocycles. The molecule has 0 aliphatic carbocycles. The first kappa shape index (κ1) is 27.9. The predicted octanol–water partition coefficient (Wildman–Crippen LogP) is 5.16. The average Bonchev–Trinajstić information content (AvgIpc) is 2.83. The van der Waals surface area contributed by atoms with Crippen molar-refractivity contribution in [2.75, 3.05) is 19.5 Å². The summed E-state index contributed by atoms with van der Waals surface area (Å²) >= 11 is 0. The summed E-state index contributed by atoms with van der Waals surface area (Å²) in [7, 11) is 2.36. The summed E-state index contributed by atoms with van der Waals surface area (Å²) in [6.07, 6.45) is -9.34. The van der Waals surface area contributed by atoms with Crippen LogP contribution in [-0.2, 0) is 6.18 Å². The van der Waals surface area contributed by atoms with E-state index in [0.717, 1.165) is 25.3 Å². The number of hydrogen-bond donors (Lipinski definition) is 2. The maximum Gasteiger partial charge on any atom is 0.573 e. The fourth-order valence-electron chi connectivity index (χ4n) is 3.07. The van der Waals surface area contributed by atoms with Crippen LogP contribution in [0.25, 0.3) is 0 Å². The van der Waals surface area contributed by atoms with Gasteiger partial charge in [0, 0.05) is 24.0 Å². The number of carbonyl (C=O) groups excluding carboxylic acids is 2. The topological polar surface area (TPSA) is 122 Å². The van der Waals surface area contributed by atoms with Crippen LogP contribution >= 0.6 is 0 Å². The highest BCUT2D eigenvalue weighted by molar-refractivity contribution is 6.07. The number of amides is 2. The highest BCUT2D eigenvalue weighted by Gasteiger charge is 2.35. The van der Waals surface area contributed by atoms with E-state index < -0.39 is 47.1 Å². The highest BCUT2D eigenvalue weighted by Crippen LogP contribution is 2.39. The van der Waals surface area contributed by atoms with Crippen LogP contribution < -0.4 is 30.0 Å². The third kappa shape index (κ3) is 6.74. The number of methoxy groups -OCH3 is 2. The van der Waals surface area contributed by atoms with E-state index in [-0.39, 0.29) is 28.5 Å². The zero-order chi connectivity index (χ0) is 28.3. The quantitative estimate of drug-likeness (QED) is 0.375. The largest absolute Gasteiger partial charge is 0.573 e. The molecule has 0 saturated heterocycles. The van der Waals surface area contributed by atoms with E-state index in [1.807, 2.05) is 0 Å². The molecule has 0 saturated carbocycles. The van der Waals surface area contributed by atoms with E-state index in [1.54, 1.807) is 0 Å². The first-order chi connectivity index (χ1) is 17.7. The Labute approximate surface area is 210 Å². The number of hydrogen-bond acceptors (Lipinski definition) is 7. The summed E-state index contributed by atoms with van der Waals surface area (Å²) in [5, 5.41) is 2.37. The minimum Gasteiger partial charge on any atom is -0.496 e. The molecule has 2 amide bonds. The molecule has 0 bridgehead atoms. The Balaban J connectivity index is 2.00. The number of benzene rings is 2. The van der Waals surface area contributed by atoms with Gasteiger partial charge in [-0.15, -0.1) is 13.2 Å². The van der Waals surface area contributed by atoms with Crippen molar-refractivity contribution in [3.8, 4) is 28.7 Å². The van der Waals surface area contributed by atoms with E-state index >= 15 is 0 Å². The van der Waals surface area contributed by atoms with Crippen LogP contribution in [0.5, 0.6) is 28.7 Å². The van der Waals surface area contributed by atoms with Crippen LogP contribution in [0.3, 0.4) is 0 Å². The van der Waals surface area contributed by atoms with Gasteiger partial charge in [-0.2, -0.15) is 13.2 Å². The standard InChI is InChI=1S/C23H17F6N3O6/c1-35-15-5-3-11(7-13(15)20(30)33)32-21(34)14-10-31-19(22(24,25)26)9-17(14)37-16-6-4-12(8-18(16)36-2)38-23(27,28)29/h3-10H,1-2H3,(H2,30,33)(H,32,34). The Kier molecular flexibility index (Phi) is 7.88. The summed E-state index contributed by atoms with van der Waals surface area (Å²) < 4.78 is 96.7. The molecule has 0 unspecified atom stereocenters. The minimum atomic E-state index is -5.01. The zero-order valence-electron chi connectivity index (χ0n) is 19.4. The van der Waals surface area contributed by atoms with Crippen LogP contribution in [0.2, 0.25) is 0 Å². The summed E-state index contributed by atoms with van der Waals surface area (Å²) in [6, 6.07) is 6.84. The summed E-state index contributed by atoms with van der Waals surface area (Å²) in [5.74, 6) is -3.78. The molecule has 3 aromatic rings. The van der Waals surface area contributed by atoms with Crippen molar-refractivity contribution in [3.05, 3.63) is 65.5 Å². The fraction of sp³-hybridized carbons (Fsp3) is 0.174. The molecular weight excluding hydrogens is 528 g/mol. The molecule has 38 heavy (non-hydrogen) atoms. The number of nitrogens with zero attached hydrogens (tertiary/aromatic N) is 1. The molecule has 1 heterocycles. The van der Waals surface area contributed by atoms with Gasteiger partial charge in [0.25, 0.3) is 11.8 Å². The lowest BCUT2D eigenvalue weighted by atomic mass is 10.1. The van der Waals surface area contributed by atoms with Gasteiger partial charge in [-0.1, -0.05) is 0 Å². The van der Waals surface area contributed by atoms with E-state index in [9.17, 15) is 35.9 Å². The number of nitrogens with two attached hydrogens (primary N) is 1. The second-order valence-corrected chi connectivity index (χ2v) is 7.26. The van der Waals surface area contributed by atoms with E-state index in [4.69, 9.17) is 19.9 Å². The Hall–Kier alpha value is -4.69. The van der Waals surface area contributed by atoms with Gasteiger partial charge in [-0.25, -0.2) is 0 Å². The Morgan fingerprint density at radius 2 is 1.50 bits per heavy atom. The van der Waals surface area contributed by atoms with Crippen molar-refractivity contribution in [2.24, 2.45) is 5.73 Å².